The Morgan fingerprint density at radius 2 is 1.36 bits per heavy atom. The van der Waals surface area contributed by atoms with Crippen molar-refractivity contribution in [2.24, 2.45) is 0 Å². The number of nitrogens with zero attached hydrogens (tertiary/aromatic N) is 2. The molecule has 0 aromatic rings. The molecule has 0 bridgehead atoms. The quantitative estimate of drug-likeness (QED) is 0.342. The second-order valence-corrected chi connectivity index (χ2v) is 7.37. The molecule has 0 aromatic heterocycles. The fourth-order valence-electron chi connectivity index (χ4n) is 2.48. The van der Waals surface area contributed by atoms with Crippen LogP contribution < -0.4 is 0 Å². The van der Waals surface area contributed by atoms with Crippen LogP contribution in [0.2, 0.25) is 0 Å². The molecule has 22 heavy (non-hydrogen) atoms. The highest BCUT2D eigenvalue weighted by Crippen LogP contribution is 2.11. The number of unbranched alkanes of at least 4 members (excludes halogenated alkanes) is 8. The van der Waals surface area contributed by atoms with Gasteiger partial charge in [0.25, 0.3) is 0 Å². The van der Waals surface area contributed by atoms with Gasteiger partial charge in [-0.15, -0.1) is 0 Å². The van der Waals surface area contributed by atoms with E-state index in [4.69, 9.17) is 0 Å². The molecule has 0 unspecified atom stereocenters. The van der Waals surface area contributed by atoms with Crippen LogP contribution in [-0.2, 0) is 4.79 Å². The summed E-state index contributed by atoms with van der Waals surface area (Å²) in [7, 11) is 6.39. The third-order valence-electron chi connectivity index (χ3n) is 4.82. The largest absolute Gasteiger partial charge is 0.340 e. The van der Waals surface area contributed by atoms with Crippen LogP contribution in [0.5, 0.6) is 0 Å². The van der Waals surface area contributed by atoms with Gasteiger partial charge >= 0.3 is 0 Å². The van der Waals surface area contributed by atoms with Crippen LogP contribution in [0.3, 0.4) is 0 Å². The fourth-order valence-corrected chi connectivity index (χ4v) is 2.48. The average Bonchev–Trinajstić information content (AvgIpc) is 2.50. The number of rotatable bonds is 14. The van der Waals surface area contributed by atoms with Gasteiger partial charge in [-0.25, -0.2) is 0 Å². The zero-order valence-corrected chi connectivity index (χ0v) is 16.0. The minimum Gasteiger partial charge on any atom is -0.340 e. The predicted molar refractivity (Wildman–Crippen MR) is 97.0 cm³/mol. The van der Waals surface area contributed by atoms with Gasteiger partial charge in [-0.3, -0.25) is 4.79 Å². The number of amides is 1. The SMILES string of the molecule is CCCCCCCCCCCC(=O)N(C)CC[N+](C)(C)CC. The molecule has 0 fully saturated rings. The second-order valence-electron chi connectivity index (χ2n) is 7.37. The van der Waals surface area contributed by atoms with Gasteiger partial charge in [-0.05, 0) is 13.3 Å². The Balaban J connectivity index is 3.52. The van der Waals surface area contributed by atoms with Crippen LogP contribution in [0.15, 0.2) is 0 Å². The lowest BCUT2D eigenvalue weighted by Gasteiger charge is -2.30. The van der Waals surface area contributed by atoms with Crippen LogP contribution >= 0.6 is 0 Å². The summed E-state index contributed by atoms with van der Waals surface area (Å²) in [5, 5.41) is 0. The van der Waals surface area contributed by atoms with Crippen molar-refractivity contribution in [1.29, 1.82) is 0 Å². The molecule has 3 heteroatoms. The molecule has 0 aliphatic carbocycles. The van der Waals surface area contributed by atoms with E-state index >= 15 is 0 Å². The molecule has 3 nitrogen and oxygen atoms in total. The van der Waals surface area contributed by atoms with Gasteiger partial charge in [0.1, 0.15) is 0 Å². The zero-order chi connectivity index (χ0) is 16.8. The van der Waals surface area contributed by atoms with Gasteiger partial charge in [0, 0.05) is 13.5 Å². The minimum atomic E-state index is 0.319. The summed E-state index contributed by atoms with van der Waals surface area (Å²) >= 11 is 0. The minimum absolute atomic E-state index is 0.319. The number of quaternary nitrogens is 1. The van der Waals surface area contributed by atoms with Crippen LogP contribution in [0.1, 0.15) is 78.1 Å². The summed E-state index contributed by atoms with van der Waals surface area (Å²) in [5.41, 5.74) is 0. The Hall–Kier alpha value is -0.570. The van der Waals surface area contributed by atoms with Crippen LogP contribution in [-0.4, -0.2) is 56.1 Å². The van der Waals surface area contributed by atoms with Crippen molar-refractivity contribution in [3.8, 4) is 0 Å². The first-order valence-corrected chi connectivity index (χ1v) is 9.49. The maximum absolute atomic E-state index is 12.1. The monoisotopic (exact) mass is 313 g/mol. The van der Waals surface area contributed by atoms with Crippen molar-refractivity contribution in [3.05, 3.63) is 0 Å². The Morgan fingerprint density at radius 3 is 1.86 bits per heavy atom. The fraction of sp³-hybridized carbons (Fsp3) is 0.947. The van der Waals surface area contributed by atoms with E-state index in [1.165, 1.54) is 51.4 Å². The molecular formula is C19H41N2O+. The van der Waals surface area contributed by atoms with Gasteiger partial charge in [0.15, 0.2) is 0 Å². The molecule has 1 amide bonds. The van der Waals surface area contributed by atoms with Crippen molar-refractivity contribution in [2.75, 3.05) is 40.8 Å². The van der Waals surface area contributed by atoms with Gasteiger partial charge in [-0.1, -0.05) is 58.3 Å². The lowest BCUT2D eigenvalue weighted by atomic mass is 10.1. The third kappa shape index (κ3) is 12.0. The number of likely N-dealkylation sites (N-methyl/N-ethyl adjacent to an activating group) is 2. The molecule has 0 aliphatic rings. The van der Waals surface area contributed by atoms with Gasteiger partial charge < -0.3 is 9.38 Å². The number of carbonyl (C=O) groups excluding carboxylic acids is 1. The molecular weight excluding hydrogens is 272 g/mol. The van der Waals surface area contributed by atoms with E-state index in [9.17, 15) is 4.79 Å². The second kappa shape index (κ2) is 12.9. The topological polar surface area (TPSA) is 20.3 Å². The molecule has 0 spiro atoms. The molecule has 0 radical (unpaired) electrons. The summed E-state index contributed by atoms with van der Waals surface area (Å²) < 4.78 is 0.982. The molecule has 0 saturated heterocycles. The molecule has 0 aliphatic heterocycles. The van der Waals surface area contributed by atoms with Gasteiger partial charge in [0.05, 0.1) is 33.7 Å². The van der Waals surface area contributed by atoms with Crippen molar-refractivity contribution in [2.45, 2.75) is 78.1 Å². The highest BCUT2D eigenvalue weighted by Gasteiger charge is 2.15. The van der Waals surface area contributed by atoms with E-state index in [1.54, 1.807) is 0 Å². The molecule has 0 atom stereocenters. The molecule has 0 heterocycles. The van der Waals surface area contributed by atoms with Gasteiger partial charge in [-0.2, -0.15) is 0 Å². The van der Waals surface area contributed by atoms with Crippen LogP contribution in [0, 0.1) is 0 Å². The maximum atomic E-state index is 12.1. The number of hydrogen-bond donors (Lipinski definition) is 0. The van der Waals surface area contributed by atoms with E-state index in [2.05, 4.69) is 27.9 Å². The normalized spacial score (nSPS) is 11.7. The smallest absolute Gasteiger partial charge is 0.222 e. The number of carbonyl (C=O) groups is 1. The molecule has 132 valence electrons. The zero-order valence-electron chi connectivity index (χ0n) is 16.0. The van der Waals surface area contributed by atoms with E-state index < -0.39 is 0 Å². The van der Waals surface area contributed by atoms with E-state index in [0.717, 1.165) is 37.0 Å². The molecule has 0 N–H and O–H groups in total. The van der Waals surface area contributed by atoms with Crippen molar-refractivity contribution < 1.29 is 9.28 Å². The summed E-state index contributed by atoms with van der Waals surface area (Å²) in [6.07, 6.45) is 12.5. The Bertz CT molecular complexity index is 277. The summed E-state index contributed by atoms with van der Waals surface area (Å²) in [4.78, 5) is 14.0. The van der Waals surface area contributed by atoms with E-state index in [0.29, 0.717) is 5.91 Å². The lowest BCUT2D eigenvalue weighted by Crippen LogP contribution is -2.45. The Morgan fingerprint density at radius 1 is 0.864 bits per heavy atom. The Labute approximate surface area is 139 Å². The first-order valence-electron chi connectivity index (χ1n) is 9.49. The van der Waals surface area contributed by atoms with Crippen molar-refractivity contribution >= 4 is 5.91 Å². The third-order valence-corrected chi connectivity index (χ3v) is 4.82. The summed E-state index contributed by atoms with van der Waals surface area (Å²) in [5.74, 6) is 0.319. The molecule has 0 rings (SSSR count). The summed E-state index contributed by atoms with van der Waals surface area (Å²) in [6, 6.07) is 0. The van der Waals surface area contributed by atoms with E-state index in [1.807, 2.05) is 11.9 Å². The van der Waals surface area contributed by atoms with E-state index in [-0.39, 0.29) is 0 Å². The van der Waals surface area contributed by atoms with Crippen molar-refractivity contribution in [1.82, 2.24) is 4.90 Å². The van der Waals surface area contributed by atoms with Crippen LogP contribution in [0.25, 0.3) is 0 Å². The molecule has 0 aromatic carbocycles. The maximum Gasteiger partial charge on any atom is 0.222 e. The molecule has 0 saturated carbocycles. The van der Waals surface area contributed by atoms with Crippen molar-refractivity contribution in [3.63, 3.8) is 0 Å². The average molecular weight is 314 g/mol. The standard InChI is InChI=1S/C19H41N2O/c1-6-8-9-10-11-12-13-14-15-16-19(22)20(3)17-18-21(4,5)7-2/h6-18H2,1-5H3/q+1. The highest BCUT2D eigenvalue weighted by molar-refractivity contribution is 5.75. The first-order chi connectivity index (χ1) is 10.4. The number of hydrogen-bond acceptors (Lipinski definition) is 1. The Kier molecular flexibility index (Phi) is 12.6. The summed E-state index contributed by atoms with van der Waals surface area (Å²) in [6.45, 7) is 7.48. The lowest BCUT2D eigenvalue weighted by molar-refractivity contribution is -0.887. The van der Waals surface area contributed by atoms with Gasteiger partial charge in [0.2, 0.25) is 5.91 Å². The first kappa shape index (κ1) is 21.4. The van der Waals surface area contributed by atoms with Crippen LogP contribution in [0.4, 0.5) is 0 Å². The predicted octanol–water partition coefficient (Wildman–Crippen LogP) is 4.46. The highest BCUT2D eigenvalue weighted by atomic mass is 16.2.